The van der Waals surface area contributed by atoms with Crippen molar-refractivity contribution in [3.05, 3.63) is 58.5 Å². The Morgan fingerprint density at radius 1 is 1.26 bits per heavy atom. The lowest BCUT2D eigenvalue weighted by Crippen LogP contribution is -2.42. The van der Waals surface area contributed by atoms with Crippen molar-refractivity contribution in [1.29, 1.82) is 5.41 Å². The van der Waals surface area contributed by atoms with Crippen LogP contribution in [0.1, 0.15) is 37.3 Å². The van der Waals surface area contributed by atoms with Crippen molar-refractivity contribution >= 4 is 35.2 Å². The Balaban J connectivity index is 1.79. The fraction of sp³-hybridized carbons (Fsp3) is 0.385. The molecule has 2 aliphatic rings. The van der Waals surface area contributed by atoms with Gasteiger partial charge in [-0.15, -0.1) is 0 Å². The summed E-state index contributed by atoms with van der Waals surface area (Å²) in [7, 11) is 1.36. The summed E-state index contributed by atoms with van der Waals surface area (Å²) in [4.78, 5) is 14.2. The van der Waals surface area contributed by atoms with E-state index in [1.807, 2.05) is 25.3 Å². The molecule has 1 fully saturated rings. The quantitative estimate of drug-likeness (QED) is 0.455. The van der Waals surface area contributed by atoms with E-state index in [1.165, 1.54) is 31.5 Å². The summed E-state index contributed by atoms with van der Waals surface area (Å²) >= 11 is 6.00. The lowest BCUT2D eigenvalue weighted by atomic mass is 9.92. The molecular weight excluding hydrogens is 471 g/mol. The van der Waals surface area contributed by atoms with Crippen LogP contribution in [0.15, 0.2) is 36.5 Å². The van der Waals surface area contributed by atoms with Crippen LogP contribution in [0.4, 0.5) is 14.9 Å². The number of hydrogen-bond acceptors (Lipinski definition) is 6. The first-order chi connectivity index (χ1) is 16.9. The first kappa shape index (κ1) is 25.0. The topological polar surface area (TPSA) is 86.7 Å². The second-order valence-electron chi connectivity index (χ2n) is 8.78. The normalized spacial score (nSPS) is 18.6. The van der Waals surface area contributed by atoms with Crippen LogP contribution in [-0.4, -0.2) is 44.6 Å². The molecule has 0 spiro atoms. The molecule has 3 N–H and O–H groups in total. The van der Waals surface area contributed by atoms with E-state index >= 15 is 0 Å². The molecule has 186 valence electrons. The van der Waals surface area contributed by atoms with E-state index in [9.17, 15) is 9.18 Å². The molecule has 1 saturated heterocycles. The standard InChI is InChI=1S/C26H30ClFN4O3/c1-16-3-5-21-24(32(16)26(33)34-2)8-6-20(17(14-29)15-31-18-9-11-30-12-10-18)25(21)35-19-4-7-23(28)22(27)13-19/h4,6-8,13-16,18,29-31H,3,5,9-12H2,1-2H3/b17-15+,29-14?/t16-/m0/s1. The third-order valence-corrected chi connectivity index (χ3v) is 6.80. The van der Waals surface area contributed by atoms with E-state index in [2.05, 4.69) is 10.6 Å². The molecule has 7 nitrogen and oxygen atoms in total. The molecule has 2 aliphatic heterocycles. The molecule has 2 heterocycles. The Kier molecular flexibility index (Phi) is 7.93. The molecule has 9 heteroatoms. The van der Waals surface area contributed by atoms with Gasteiger partial charge >= 0.3 is 6.09 Å². The van der Waals surface area contributed by atoms with Crippen molar-refractivity contribution in [2.75, 3.05) is 25.1 Å². The van der Waals surface area contributed by atoms with Crippen molar-refractivity contribution in [3.8, 4) is 11.5 Å². The molecule has 1 amide bonds. The third-order valence-electron chi connectivity index (χ3n) is 6.51. The fourth-order valence-corrected chi connectivity index (χ4v) is 4.75. The highest BCUT2D eigenvalue weighted by molar-refractivity contribution is 6.30. The first-order valence-corrected chi connectivity index (χ1v) is 12.1. The Hall–Kier alpha value is -3.10. The zero-order chi connectivity index (χ0) is 24.9. The van der Waals surface area contributed by atoms with Gasteiger partial charge in [-0.3, -0.25) is 4.90 Å². The predicted octanol–water partition coefficient (Wildman–Crippen LogP) is 5.51. The van der Waals surface area contributed by atoms with Gasteiger partial charge in [0.1, 0.15) is 17.3 Å². The highest BCUT2D eigenvalue weighted by atomic mass is 35.5. The van der Waals surface area contributed by atoms with Gasteiger partial charge in [-0.25, -0.2) is 9.18 Å². The predicted molar refractivity (Wildman–Crippen MR) is 136 cm³/mol. The number of methoxy groups -OCH3 is 1. The van der Waals surface area contributed by atoms with Crippen LogP contribution < -0.4 is 20.3 Å². The van der Waals surface area contributed by atoms with Crippen molar-refractivity contribution in [2.24, 2.45) is 0 Å². The number of carbonyl (C=O) groups excluding carboxylic acids is 1. The number of carbonyl (C=O) groups is 1. The lowest BCUT2D eigenvalue weighted by molar-refractivity contribution is 0.175. The second kappa shape index (κ2) is 11.1. The Labute approximate surface area is 209 Å². The number of halogens is 2. The molecule has 0 saturated carbocycles. The molecule has 0 radical (unpaired) electrons. The molecule has 0 aromatic heterocycles. The third kappa shape index (κ3) is 5.44. The molecule has 35 heavy (non-hydrogen) atoms. The Morgan fingerprint density at radius 3 is 2.71 bits per heavy atom. The van der Waals surface area contributed by atoms with Crippen LogP contribution in [-0.2, 0) is 11.2 Å². The van der Waals surface area contributed by atoms with Crippen molar-refractivity contribution in [3.63, 3.8) is 0 Å². The summed E-state index contributed by atoms with van der Waals surface area (Å²) in [6, 6.07) is 8.16. The van der Waals surface area contributed by atoms with Crippen LogP contribution in [0, 0.1) is 11.2 Å². The summed E-state index contributed by atoms with van der Waals surface area (Å²) in [5.74, 6) is 0.337. The number of anilines is 1. The van der Waals surface area contributed by atoms with E-state index in [1.54, 1.807) is 4.90 Å². The SMILES string of the molecule is COC(=O)N1c2ccc(/C(C=N)=C/NC3CCNCC3)c(Oc3ccc(F)c(Cl)c3)c2CC[C@@H]1C. The number of nitrogens with one attached hydrogen (secondary N) is 3. The minimum absolute atomic E-state index is 0.0472. The number of rotatable bonds is 6. The van der Waals surface area contributed by atoms with Crippen LogP contribution >= 0.6 is 11.6 Å². The van der Waals surface area contributed by atoms with Crippen molar-refractivity contribution in [2.45, 2.75) is 44.7 Å². The molecular formula is C26H30ClFN4O3. The van der Waals surface area contributed by atoms with E-state index < -0.39 is 11.9 Å². The summed E-state index contributed by atoms with van der Waals surface area (Å²) in [5.41, 5.74) is 2.84. The van der Waals surface area contributed by atoms with E-state index in [0.717, 1.165) is 31.5 Å². The van der Waals surface area contributed by atoms with Crippen molar-refractivity contribution in [1.82, 2.24) is 10.6 Å². The van der Waals surface area contributed by atoms with Gasteiger partial charge in [-0.1, -0.05) is 11.6 Å². The Morgan fingerprint density at radius 2 is 2.03 bits per heavy atom. The number of amides is 1. The maximum atomic E-state index is 13.8. The zero-order valence-corrected chi connectivity index (χ0v) is 20.6. The monoisotopic (exact) mass is 500 g/mol. The van der Waals surface area contributed by atoms with E-state index in [4.69, 9.17) is 26.5 Å². The van der Waals surface area contributed by atoms with Gasteiger partial charge in [0.05, 0.1) is 17.8 Å². The summed E-state index contributed by atoms with van der Waals surface area (Å²) in [6.45, 7) is 3.87. The average molecular weight is 501 g/mol. The van der Waals surface area contributed by atoms with Crippen LogP contribution in [0.3, 0.4) is 0 Å². The number of fused-ring (bicyclic) bond motifs is 1. The first-order valence-electron chi connectivity index (χ1n) is 11.8. The van der Waals surface area contributed by atoms with Gasteiger partial charge in [0.15, 0.2) is 0 Å². The molecule has 0 unspecified atom stereocenters. The second-order valence-corrected chi connectivity index (χ2v) is 9.19. The van der Waals surface area contributed by atoms with Gasteiger partial charge in [0, 0.05) is 47.3 Å². The van der Waals surface area contributed by atoms with Crippen LogP contribution in [0.5, 0.6) is 11.5 Å². The zero-order valence-electron chi connectivity index (χ0n) is 19.9. The average Bonchev–Trinajstić information content (AvgIpc) is 2.87. The smallest absolute Gasteiger partial charge is 0.414 e. The molecule has 0 aliphatic carbocycles. The Bertz CT molecular complexity index is 1130. The van der Waals surface area contributed by atoms with E-state index in [0.29, 0.717) is 47.2 Å². The molecule has 0 bridgehead atoms. The molecule has 2 aromatic rings. The summed E-state index contributed by atoms with van der Waals surface area (Å²) in [6.07, 6.45) is 6.04. The number of piperidine rings is 1. The minimum atomic E-state index is -0.536. The van der Waals surface area contributed by atoms with Gasteiger partial charge in [0.2, 0.25) is 0 Å². The van der Waals surface area contributed by atoms with Gasteiger partial charge in [-0.05, 0) is 70.0 Å². The van der Waals surface area contributed by atoms with Gasteiger partial charge in [0.25, 0.3) is 0 Å². The van der Waals surface area contributed by atoms with Gasteiger partial charge in [-0.2, -0.15) is 0 Å². The minimum Gasteiger partial charge on any atom is -0.456 e. The highest BCUT2D eigenvalue weighted by Crippen LogP contribution is 2.43. The van der Waals surface area contributed by atoms with E-state index in [-0.39, 0.29) is 11.1 Å². The molecule has 4 rings (SSSR count). The van der Waals surface area contributed by atoms with Crippen LogP contribution in [0.25, 0.3) is 5.57 Å². The number of nitrogens with zero attached hydrogens (tertiary/aromatic N) is 1. The number of ether oxygens (including phenoxy) is 2. The highest BCUT2D eigenvalue weighted by Gasteiger charge is 2.32. The summed E-state index contributed by atoms with van der Waals surface area (Å²) < 4.78 is 25.1. The fourth-order valence-electron chi connectivity index (χ4n) is 4.58. The molecule has 1 atom stereocenters. The summed E-state index contributed by atoms with van der Waals surface area (Å²) in [5, 5.41) is 14.8. The number of benzene rings is 2. The maximum absolute atomic E-state index is 13.8. The number of hydrogen-bond donors (Lipinski definition) is 3. The largest absolute Gasteiger partial charge is 0.456 e. The molecule has 2 aromatic carbocycles. The van der Waals surface area contributed by atoms with Gasteiger partial charge < -0.3 is 25.5 Å². The van der Waals surface area contributed by atoms with Crippen LogP contribution in [0.2, 0.25) is 5.02 Å². The number of allylic oxidation sites excluding steroid dienone is 1. The lowest BCUT2D eigenvalue weighted by Gasteiger charge is -2.35. The maximum Gasteiger partial charge on any atom is 0.414 e. The van der Waals surface area contributed by atoms with Crippen molar-refractivity contribution < 1.29 is 18.7 Å².